The molecule has 0 amide bonds. The van der Waals surface area contributed by atoms with E-state index in [2.05, 4.69) is 25.7 Å². The van der Waals surface area contributed by atoms with Crippen molar-refractivity contribution >= 4 is 34.7 Å². The first kappa shape index (κ1) is 20.8. The van der Waals surface area contributed by atoms with Crippen LogP contribution in [-0.2, 0) is 0 Å². The van der Waals surface area contributed by atoms with E-state index in [0.29, 0.717) is 21.7 Å². The van der Waals surface area contributed by atoms with Crippen molar-refractivity contribution in [1.82, 2.24) is 0 Å². The van der Waals surface area contributed by atoms with Gasteiger partial charge in [-0.3, -0.25) is 0 Å². The summed E-state index contributed by atoms with van der Waals surface area (Å²) in [5, 5.41) is 4.28. The molecule has 1 N–H and O–H groups in total. The van der Waals surface area contributed by atoms with E-state index in [-0.39, 0.29) is 5.56 Å². The van der Waals surface area contributed by atoms with Crippen molar-refractivity contribution in [2.45, 2.75) is 50.2 Å². The fourth-order valence-corrected chi connectivity index (χ4v) is 4.18. The van der Waals surface area contributed by atoms with Gasteiger partial charge in [0.2, 0.25) is 0 Å². The third kappa shape index (κ3) is 5.24. The summed E-state index contributed by atoms with van der Waals surface area (Å²) in [7, 11) is 0. The predicted octanol–water partition coefficient (Wildman–Crippen LogP) is 7.68. The van der Waals surface area contributed by atoms with Crippen LogP contribution in [0.3, 0.4) is 0 Å². The van der Waals surface area contributed by atoms with Crippen molar-refractivity contribution < 1.29 is 8.78 Å². The molecule has 1 unspecified atom stereocenters. The molecule has 0 saturated carbocycles. The Labute approximate surface area is 163 Å². The highest BCUT2D eigenvalue weighted by atomic mass is 35.5. The first-order chi connectivity index (χ1) is 12.3. The number of thioether (sulfide) groups is 1. The summed E-state index contributed by atoms with van der Waals surface area (Å²) in [5.41, 5.74) is 2.19. The Balaban J connectivity index is 2.20. The molecule has 2 aromatic rings. The number of halogens is 3. The summed E-state index contributed by atoms with van der Waals surface area (Å²) >= 11 is 8.13. The van der Waals surface area contributed by atoms with Gasteiger partial charge in [-0.25, -0.2) is 8.78 Å². The second-order valence-electron chi connectivity index (χ2n) is 6.27. The zero-order valence-corrected chi connectivity index (χ0v) is 16.9. The van der Waals surface area contributed by atoms with Crippen LogP contribution < -0.4 is 5.32 Å². The molecule has 0 heterocycles. The summed E-state index contributed by atoms with van der Waals surface area (Å²) in [6.07, 6.45) is 3.34. The normalized spacial score (nSPS) is 12.1. The molecule has 1 nitrogen and oxygen atoms in total. The number of benzene rings is 2. The van der Waals surface area contributed by atoms with Gasteiger partial charge in [-0.15, -0.1) is 11.8 Å². The molecular weight excluding hydrogens is 372 g/mol. The van der Waals surface area contributed by atoms with Crippen LogP contribution in [0.1, 0.15) is 44.2 Å². The van der Waals surface area contributed by atoms with E-state index in [4.69, 9.17) is 11.6 Å². The van der Waals surface area contributed by atoms with E-state index < -0.39 is 11.6 Å². The molecule has 2 rings (SSSR count). The fraction of sp³-hybridized carbons (Fsp3) is 0.333. The van der Waals surface area contributed by atoms with Crippen LogP contribution in [0.4, 0.5) is 14.5 Å². The van der Waals surface area contributed by atoms with Crippen LogP contribution in [0.5, 0.6) is 0 Å². The van der Waals surface area contributed by atoms with Crippen LogP contribution in [0, 0.1) is 18.6 Å². The molecule has 0 aromatic heterocycles. The number of anilines is 1. The van der Waals surface area contributed by atoms with Gasteiger partial charge >= 0.3 is 0 Å². The Morgan fingerprint density at radius 3 is 2.58 bits per heavy atom. The van der Waals surface area contributed by atoms with Crippen molar-refractivity contribution in [2.24, 2.45) is 0 Å². The second-order valence-corrected chi connectivity index (χ2v) is 8.02. The van der Waals surface area contributed by atoms with E-state index in [1.807, 2.05) is 18.2 Å². The summed E-state index contributed by atoms with van der Waals surface area (Å²) in [5.74, 6) is -1.70. The maximum absolute atomic E-state index is 13.6. The Bertz CT molecular complexity index is 769. The predicted molar refractivity (Wildman–Crippen MR) is 110 cm³/mol. The zero-order chi connectivity index (χ0) is 19.3. The van der Waals surface area contributed by atoms with Crippen molar-refractivity contribution in [2.75, 3.05) is 5.32 Å². The summed E-state index contributed by atoms with van der Waals surface area (Å²) < 4.78 is 27.0. The minimum absolute atomic E-state index is 0.248. The molecule has 1 atom stereocenters. The second kappa shape index (κ2) is 9.43. The quantitative estimate of drug-likeness (QED) is 0.460. The van der Waals surface area contributed by atoms with Gasteiger partial charge in [0, 0.05) is 27.6 Å². The highest BCUT2D eigenvalue weighted by molar-refractivity contribution is 8.00. The minimum Gasteiger partial charge on any atom is -0.355 e. The molecule has 140 valence electrons. The minimum atomic E-state index is -0.877. The first-order valence-electron chi connectivity index (χ1n) is 8.73. The molecular formula is C21H24ClF2NS. The lowest BCUT2D eigenvalue weighted by atomic mass is 10.1. The molecule has 0 aliphatic carbocycles. The Hall–Kier alpha value is -1.52. The molecule has 0 aliphatic rings. The largest absolute Gasteiger partial charge is 0.355 e. The third-order valence-electron chi connectivity index (χ3n) is 4.14. The van der Waals surface area contributed by atoms with Gasteiger partial charge in [0.25, 0.3) is 0 Å². The number of hydrogen-bond donors (Lipinski definition) is 1. The Kier molecular flexibility index (Phi) is 7.54. The van der Waals surface area contributed by atoms with Crippen LogP contribution in [0.2, 0.25) is 5.02 Å². The van der Waals surface area contributed by atoms with Gasteiger partial charge in [-0.1, -0.05) is 44.5 Å². The van der Waals surface area contributed by atoms with Gasteiger partial charge in [0.1, 0.15) is 0 Å². The molecule has 2 aromatic carbocycles. The molecule has 0 fully saturated rings. The first-order valence-corrected chi connectivity index (χ1v) is 9.99. The molecule has 0 radical (unpaired) electrons. The van der Waals surface area contributed by atoms with Crippen LogP contribution in [-0.4, -0.2) is 5.25 Å². The van der Waals surface area contributed by atoms with E-state index >= 15 is 0 Å². The van der Waals surface area contributed by atoms with Crippen LogP contribution >= 0.6 is 23.4 Å². The van der Waals surface area contributed by atoms with E-state index in [1.54, 1.807) is 17.8 Å². The molecule has 26 heavy (non-hydrogen) atoms. The van der Waals surface area contributed by atoms with E-state index in [9.17, 15) is 8.78 Å². The van der Waals surface area contributed by atoms with Gasteiger partial charge in [0.15, 0.2) is 11.6 Å². The highest BCUT2D eigenvalue weighted by Crippen LogP contribution is 2.35. The summed E-state index contributed by atoms with van der Waals surface area (Å²) in [6, 6.07) is 8.40. The average molecular weight is 396 g/mol. The van der Waals surface area contributed by atoms with Gasteiger partial charge in [-0.05, 0) is 49.1 Å². The molecule has 0 bridgehead atoms. The lowest BCUT2D eigenvalue weighted by molar-refractivity contribution is 0.503. The fourth-order valence-electron chi connectivity index (χ4n) is 2.67. The van der Waals surface area contributed by atoms with E-state index in [1.165, 1.54) is 6.92 Å². The highest BCUT2D eigenvalue weighted by Gasteiger charge is 2.13. The van der Waals surface area contributed by atoms with Crippen molar-refractivity contribution in [3.8, 4) is 0 Å². The van der Waals surface area contributed by atoms with Crippen molar-refractivity contribution in [3.05, 3.63) is 64.7 Å². The third-order valence-corrected chi connectivity index (χ3v) is 6.08. The van der Waals surface area contributed by atoms with Gasteiger partial charge in [-0.2, -0.15) is 0 Å². The van der Waals surface area contributed by atoms with E-state index in [0.717, 1.165) is 35.8 Å². The average Bonchev–Trinajstić information content (AvgIpc) is 2.60. The standard InChI is InChI=1S/C21H24ClF2NS/c1-5-7-17(6-2)26-20-11-15(8-9-18(20)22)14(4)25-16-10-13(3)21(24)19(23)12-16/h8-12,17,25H,4-7H2,1-3H3. The topological polar surface area (TPSA) is 12.0 Å². The molecule has 5 heteroatoms. The Morgan fingerprint density at radius 2 is 1.96 bits per heavy atom. The summed E-state index contributed by atoms with van der Waals surface area (Å²) in [4.78, 5) is 1.01. The van der Waals surface area contributed by atoms with Crippen LogP contribution in [0.15, 0.2) is 41.8 Å². The zero-order valence-electron chi connectivity index (χ0n) is 15.3. The van der Waals surface area contributed by atoms with Crippen molar-refractivity contribution in [3.63, 3.8) is 0 Å². The monoisotopic (exact) mass is 395 g/mol. The van der Waals surface area contributed by atoms with Gasteiger partial charge < -0.3 is 5.32 Å². The van der Waals surface area contributed by atoms with Crippen molar-refractivity contribution in [1.29, 1.82) is 0 Å². The Morgan fingerprint density at radius 1 is 1.23 bits per heavy atom. The SMILES string of the molecule is C=C(Nc1cc(C)c(F)c(F)c1)c1ccc(Cl)c(SC(CC)CCC)c1. The lowest BCUT2D eigenvalue weighted by Crippen LogP contribution is -2.02. The molecule has 0 spiro atoms. The molecule has 0 saturated heterocycles. The number of aryl methyl sites for hydroxylation is 1. The van der Waals surface area contributed by atoms with Crippen LogP contribution in [0.25, 0.3) is 5.70 Å². The summed E-state index contributed by atoms with van der Waals surface area (Å²) in [6.45, 7) is 9.91. The smallest absolute Gasteiger partial charge is 0.161 e. The molecule has 0 aliphatic heterocycles. The maximum Gasteiger partial charge on any atom is 0.161 e. The number of nitrogens with one attached hydrogen (secondary N) is 1. The maximum atomic E-state index is 13.6. The number of hydrogen-bond acceptors (Lipinski definition) is 2. The number of rotatable bonds is 8. The lowest BCUT2D eigenvalue weighted by Gasteiger charge is -2.16. The van der Waals surface area contributed by atoms with Gasteiger partial charge in [0.05, 0.1) is 5.02 Å².